The number of nitrogens with one attached hydrogen (secondary N) is 1. The summed E-state index contributed by atoms with van der Waals surface area (Å²) in [6, 6.07) is 5.44. The van der Waals surface area contributed by atoms with E-state index in [0.29, 0.717) is 5.02 Å². The minimum Gasteiger partial charge on any atom is -0.496 e. The van der Waals surface area contributed by atoms with Crippen LogP contribution in [0.2, 0.25) is 5.02 Å². The largest absolute Gasteiger partial charge is 0.496 e. The number of hydrazine groups is 1. The van der Waals surface area contributed by atoms with Gasteiger partial charge in [0.05, 0.1) is 19.3 Å². The summed E-state index contributed by atoms with van der Waals surface area (Å²) in [4.78, 5) is 0. The number of nitrogens with two attached hydrogens (primary N) is 1. The first-order valence-electron chi connectivity index (χ1n) is 6.17. The van der Waals surface area contributed by atoms with Gasteiger partial charge in [-0.15, -0.1) is 0 Å². The van der Waals surface area contributed by atoms with Gasteiger partial charge in [-0.2, -0.15) is 0 Å². The Balaban J connectivity index is 2.27. The Morgan fingerprint density at radius 3 is 2.94 bits per heavy atom. The molecule has 0 saturated carbocycles. The third kappa shape index (κ3) is 2.95. The zero-order chi connectivity index (χ0) is 13.0. The number of benzene rings is 1. The molecule has 0 bridgehead atoms. The summed E-state index contributed by atoms with van der Waals surface area (Å²) in [6.45, 7) is 0.783. The van der Waals surface area contributed by atoms with Crippen molar-refractivity contribution in [2.45, 2.75) is 31.4 Å². The molecule has 2 rings (SSSR count). The van der Waals surface area contributed by atoms with Gasteiger partial charge < -0.3 is 9.47 Å². The summed E-state index contributed by atoms with van der Waals surface area (Å²) in [5.74, 6) is 6.46. The van der Waals surface area contributed by atoms with Gasteiger partial charge in [0, 0.05) is 17.2 Å². The summed E-state index contributed by atoms with van der Waals surface area (Å²) < 4.78 is 11.1. The van der Waals surface area contributed by atoms with Crippen LogP contribution in [0, 0.1) is 0 Å². The summed E-state index contributed by atoms with van der Waals surface area (Å²) in [6.07, 6.45) is 3.33. The number of ether oxygens (including phenoxy) is 2. The van der Waals surface area contributed by atoms with Crippen molar-refractivity contribution in [3.05, 3.63) is 28.8 Å². The lowest BCUT2D eigenvalue weighted by atomic mass is 9.95. The number of rotatable bonds is 4. The monoisotopic (exact) mass is 270 g/mol. The summed E-state index contributed by atoms with van der Waals surface area (Å²) in [5, 5.41) is 0.668. The fraction of sp³-hybridized carbons (Fsp3) is 0.538. The maximum atomic E-state index is 6.05. The van der Waals surface area contributed by atoms with E-state index in [-0.39, 0.29) is 12.1 Å². The van der Waals surface area contributed by atoms with E-state index in [2.05, 4.69) is 5.43 Å². The van der Waals surface area contributed by atoms with Crippen molar-refractivity contribution >= 4 is 11.6 Å². The van der Waals surface area contributed by atoms with Crippen molar-refractivity contribution in [3.63, 3.8) is 0 Å². The van der Waals surface area contributed by atoms with E-state index < -0.39 is 0 Å². The molecule has 1 aliphatic rings. The van der Waals surface area contributed by atoms with Crippen LogP contribution in [0.3, 0.4) is 0 Å². The molecule has 0 amide bonds. The molecule has 0 radical (unpaired) electrons. The molecule has 2 atom stereocenters. The van der Waals surface area contributed by atoms with Crippen molar-refractivity contribution in [2.75, 3.05) is 13.7 Å². The predicted octanol–water partition coefficient (Wildman–Crippen LogP) is 2.42. The van der Waals surface area contributed by atoms with Crippen molar-refractivity contribution in [2.24, 2.45) is 5.84 Å². The van der Waals surface area contributed by atoms with Gasteiger partial charge in [0.2, 0.25) is 0 Å². The van der Waals surface area contributed by atoms with Gasteiger partial charge in [0.25, 0.3) is 0 Å². The van der Waals surface area contributed by atoms with Crippen LogP contribution in [-0.2, 0) is 4.74 Å². The van der Waals surface area contributed by atoms with Crippen LogP contribution >= 0.6 is 11.6 Å². The highest BCUT2D eigenvalue weighted by atomic mass is 35.5. The van der Waals surface area contributed by atoms with E-state index in [1.165, 1.54) is 0 Å². The van der Waals surface area contributed by atoms with Crippen LogP contribution in [0.1, 0.15) is 30.9 Å². The molecular weight excluding hydrogens is 252 g/mol. The molecule has 1 aromatic carbocycles. The van der Waals surface area contributed by atoms with Crippen molar-refractivity contribution in [1.82, 2.24) is 5.43 Å². The highest BCUT2D eigenvalue weighted by Crippen LogP contribution is 2.33. The summed E-state index contributed by atoms with van der Waals surface area (Å²) >= 11 is 6.05. The molecule has 1 fully saturated rings. The Morgan fingerprint density at radius 1 is 1.50 bits per heavy atom. The molecule has 0 aliphatic carbocycles. The maximum Gasteiger partial charge on any atom is 0.123 e. The fourth-order valence-electron chi connectivity index (χ4n) is 2.37. The van der Waals surface area contributed by atoms with E-state index in [4.69, 9.17) is 26.9 Å². The van der Waals surface area contributed by atoms with Crippen LogP contribution in [0.5, 0.6) is 5.75 Å². The lowest BCUT2D eigenvalue weighted by Gasteiger charge is -2.31. The molecule has 5 heteroatoms. The first-order valence-corrected chi connectivity index (χ1v) is 6.55. The summed E-state index contributed by atoms with van der Waals surface area (Å²) in [7, 11) is 1.64. The standard InChI is InChI=1S/C13H19ClN2O2/c1-17-11-6-5-9(14)8-10(11)13(16-15)12-4-2-3-7-18-12/h5-6,8,12-13,16H,2-4,7,15H2,1H3. The van der Waals surface area contributed by atoms with Crippen LogP contribution in [-0.4, -0.2) is 19.8 Å². The molecule has 18 heavy (non-hydrogen) atoms. The zero-order valence-corrected chi connectivity index (χ0v) is 11.2. The van der Waals surface area contributed by atoms with Crippen LogP contribution in [0.4, 0.5) is 0 Å². The van der Waals surface area contributed by atoms with Crippen molar-refractivity contribution in [3.8, 4) is 5.75 Å². The second-order valence-corrected chi connectivity index (χ2v) is 4.87. The second kappa shape index (κ2) is 6.38. The molecule has 0 spiro atoms. The average molecular weight is 271 g/mol. The molecule has 4 nitrogen and oxygen atoms in total. The third-order valence-electron chi connectivity index (χ3n) is 3.29. The molecule has 100 valence electrons. The van der Waals surface area contributed by atoms with Gasteiger partial charge in [-0.1, -0.05) is 11.6 Å². The van der Waals surface area contributed by atoms with Gasteiger partial charge in [-0.3, -0.25) is 11.3 Å². The lowest BCUT2D eigenvalue weighted by molar-refractivity contribution is -0.00865. The van der Waals surface area contributed by atoms with Gasteiger partial charge in [-0.25, -0.2) is 0 Å². The second-order valence-electron chi connectivity index (χ2n) is 4.44. The van der Waals surface area contributed by atoms with Gasteiger partial charge >= 0.3 is 0 Å². The Kier molecular flexibility index (Phi) is 4.83. The van der Waals surface area contributed by atoms with E-state index in [1.807, 2.05) is 12.1 Å². The zero-order valence-electron chi connectivity index (χ0n) is 10.5. The highest BCUT2D eigenvalue weighted by molar-refractivity contribution is 6.30. The average Bonchev–Trinajstić information content (AvgIpc) is 2.41. The van der Waals surface area contributed by atoms with Gasteiger partial charge in [-0.05, 0) is 37.5 Å². The first kappa shape index (κ1) is 13.6. The molecule has 0 aromatic heterocycles. The molecule has 2 unspecified atom stereocenters. The Bertz CT molecular complexity index is 395. The molecular formula is C13H19ClN2O2. The normalized spacial score (nSPS) is 21.6. The number of methoxy groups -OCH3 is 1. The van der Waals surface area contributed by atoms with Crippen molar-refractivity contribution < 1.29 is 9.47 Å². The molecule has 3 N–H and O–H groups in total. The number of hydrogen-bond acceptors (Lipinski definition) is 4. The Labute approximate surface area is 112 Å². The SMILES string of the molecule is COc1ccc(Cl)cc1C(NN)C1CCCCO1. The topological polar surface area (TPSA) is 56.5 Å². The number of halogens is 1. The molecule has 1 saturated heterocycles. The quantitative estimate of drug-likeness (QED) is 0.652. The lowest BCUT2D eigenvalue weighted by Crippen LogP contribution is -2.39. The smallest absolute Gasteiger partial charge is 0.123 e. The first-order chi connectivity index (χ1) is 8.76. The number of hydrogen-bond donors (Lipinski definition) is 2. The van der Waals surface area contributed by atoms with Crippen LogP contribution in [0.15, 0.2) is 18.2 Å². The predicted molar refractivity (Wildman–Crippen MR) is 71.7 cm³/mol. The minimum atomic E-state index is -0.0982. The maximum absolute atomic E-state index is 6.05. The Hall–Kier alpha value is -0.810. The van der Waals surface area contributed by atoms with Gasteiger partial charge in [0.15, 0.2) is 0 Å². The van der Waals surface area contributed by atoms with Gasteiger partial charge in [0.1, 0.15) is 5.75 Å². The fourth-order valence-corrected chi connectivity index (χ4v) is 2.55. The molecule has 1 aromatic rings. The molecule has 1 heterocycles. The third-order valence-corrected chi connectivity index (χ3v) is 3.53. The van der Waals surface area contributed by atoms with Crippen LogP contribution < -0.4 is 16.0 Å². The van der Waals surface area contributed by atoms with E-state index in [9.17, 15) is 0 Å². The van der Waals surface area contributed by atoms with Crippen LogP contribution in [0.25, 0.3) is 0 Å². The van der Waals surface area contributed by atoms with E-state index >= 15 is 0 Å². The molecule has 1 aliphatic heterocycles. The van der Waals surface area contributed by atoms with E-state index in [0.717, 1.165) is 37.2 Å². The minimum absolute atomic E-state index is 0.0658. The van der Waals surface area contributed by atoms with Crippen molar-refractivity contribution in [1.29, 1.82) is 0 Å². The summed E-state index contributed by atoms with van der Waals surface area (Å²) in [5.41, 5.74) is 3.77. The van der Waals surface area contributed by atoms with E-state index in [1.54, 1.807) is 13.2 Å². The highest BCUT2D eigenvalue weighted by Gasteiger charge is 2.27. The Morgan fingerprint density at radius 2 is 2.33 bits per heavy atom.